The van der Waals surface area contributed by atoms with Crippen LogP contribution in [0.3, 0.4) is 0 Å². The average Bonchev–Trinajstić information content (AvgIpc) is 2.67. The molecule has 0 saturated heterocycles. The van der Waals surface area contributed by atoms with E-state index in [4.69, 9.17) is 9.47 Å². The van der Waals surface area contributed by atoms with E-state index in [-0.39, 0.29) is 59.1 Å². The first-order chi connectivity index (χ1) is 14.8. The van der Waals surface area contributed by atoms with Gasteiger partial charge in [0.05, 0.1) is 9.79 Å². The van der Waals surface area contributed by atoms with Crippen LogP contribution in [0.2, 0.25) is 0 Å². The fourth-order valence-electron chi connectivity index (χ4n) is 2.59. The molecule has 0 aliphatic heterocycles. The summed E-state index contributed by atoms with van der Waals surface area (Å²) in [5, 5.41) is 0. The molecule has 0 fully saturated rings. The summed E-state index contributed by atoms with van der Waals surface area (Å²) in [5.41, 5.74) is 0. The van der Waals surface area contributed by atoms with Gasteiger partial charge in [-0.2, -0.15) is 8.42 Å². The zero-order chi connectivity index (χ0) is 23.7. The summed E-state index contributed by atoms with van der Waals surface area (Å²) in [7, 11) is -15.0. The Balaban J connectivity index is 0.00000289. The summed E-state index contributed by atoms with van der Waals surface area (Å²) in [6, 6.07) is 12.2. The second kappa shape index (κ2) is 11.8. The second-order valence-electron chi connectivity index (χ2n) is 6.06. The molecule has 0 aliphatic rings. The van der Waals surface area contributed by atoms with Gasteiger partial charge in [-0.25, -0.2) is 16.8 Å². The molecule has 3 aromatic rings. The molecule has 0 aromatic heterocycles. The van der Waals surface area contributed by atoms with Gasteiger partial charge in [0.1, 0.15) is 36.6 Å². The molecule has 0 spiro atoms. The van der Waals surface area contributed by atoms with Crippen molar-refractivity contribution in [2.45, 2.75) is 14.7 Å². The van der Waals surface area contributed by atoms with Crippen molar-refractivity contribution in [2.24, 2.45) is 0 Å². The molecular formula is C18H12Na2O11S3. The van der Waals surface area contributed by atoms with E-state index in [2.05, 4.69) is 0 Å². The summed E-state index contributed by atoms with van der Waals surface area (Å²) >= 11 is 0. The first-order valence-corrected chi connectivity index (χ1v) is 12.6. The predicted molar refractivity (Wildman–Crippen MR) is 105 cm³/mol. The maximum atomic E-state index is 11.9. The molecule has 0 saturated carbocycles. The Morgan fingerprint density at radius 1 is 0.559 bits per heavy atom. The number of benzene rings is 3. The topological polar surface area (TPSA) is 187 Å². The van der Waals surface area contributed by atoms with Crippen LogP contribution < -0.4 is 68.6 Å². The number of ether oxygens (including phenoxy) is 2. The van der Waals surface area contributed by atoms with Gasteiger partial charge < -0.3 is 18.6 Å². The fourth-order valence-corrected chi connectivity index (χ4v) is 4.42. The zero-order valence-corrected chi connectivity index (χ0v) is 24.1. The standard InChI is InChI=1S/C18H14O11S3.2Na/c19-30(20,21)15-9-3-1-6-12(15)28-14-8-5-11-17(32(25,26)27)18(14)29-13-7-2-4-10-16(13)31(22,23)24;;/h1-11H,(H,19,20,21)(H,22,23,24)(H,25,26,27);;/q;2*+1/p-2. The molecule has 0 aliphatic carbocycles. The van der Waals surface area contributed by atoms with E-state index in [1.54, 1.807) is 0 Å². The van der Waals surface area contributed by atoms with Crippen LogP contribution in [0, 0.1) is 0 Å². The molecule has 0 amide bonds. The summed E-state index contributed by atoms with van der Waals surface area (Å²) in [6.45, 7) is 0. The van der Waals surface area contributed by atoms with Crippen molar-refractivity contribution in [2.75, 3.05) is 0 Å². The smallest absolute Gasteiger partial charge is 0.744 e. The Morgan fingerprint density at radius 3 is 1.38 bits per heavy atom. The first-order valence-electron chi connectivity index (χ1n) is 8.34. The van der Waals surface area contributed by atoms with Crippen LogP contribution in [-0.4, -0.2) is 38.9 Å². The van der Waals surface area contributed by atoms with E-state index in [0.29, 0.717) is 0 Å². The Labute approximate surface area is 239 Å². The van der Waals surface area contributed by atoms with Crippen molar-refractivity contribution in [3.63, 3.8) is 0 Å². The monoisotopic (exact) mass is 546 g/mol. The van der Waals surface area contributed by atoms with Gasteiger partial charge >= 0.3 is 59.1 Å². The van der Waals surface area contributed by atoms with Gasteiger partial charge in [-0.1, -0.05) is 30.3 Å². The third-order valence-electron chi connectivity index (χ3n) is 3.89. The van der Waals surface area contributed by atoms with Crippen molar-refractivity contribution >= 4 is 30.4 Å². The number of rotatable bonds is 7. The van der Waals surface area contributed by atoms with Crippen molar-refractivity contribution in [3.05, 3.63) is 66.7 Å². The normalized spacial score (nSPS) is 11.6. The Hall–Kier alpha value is -1.01. The molecule has 0 radical (unpaired) electrons. The number of hydrogen-bond donors (Lipinski definition) is 1. The largest absolute Gasteiger partial charge is 1.00 e. The van der Waals surface area contributed by atoms with Crippen LogP contribution in [0.5, 0.6) is 23.0 Å². The van der Waals surface area contributed by atoms with Gasteiger partial charge in [-0.3, -0.25) is 4.55 Å². The molecule has 11 nitrogen and oxygen atoms in total. The molecule has 0 atom stereocenters. The molecule has 34 heavy (non-hydrogen) atoms. The molecule has 16 heteroatoms. The van der Waals surface area contributed by atoms with Gasteiger partial charge in [0.2, 0.25) is 0 Å². The van der Waals surface area contributed by atoms with Crippen LogP contribution in [0.15, 0.2) is 81.4 Å². The molecule has 0 bridgehead atoms. The minimum atomic E-state index is -5.05. The quantitative estimate of drug-likeness (QED) is 0.227. The van der Waals surface area contributed by atoms with Crippen LogP contribution in [0.1, 0.15) is 0 Å². The summed E-state index contributed by atoms with van der Waals surface area (Å²) in [4.78, 5) is -2.49. The van der Waals surface area contributed by atoms with Gasteiger partial charge in [0.15, 0.2) is 11.5 Å². The molecule has 3 rings (SSSR count). The van der Waals surface area contributed by atoms with Crippen molar-refractivity contribution in [1.82, 2.24) is 0 Å². The second-order valence-corrected chi connectivity index (χ2v) is 10.2. The van der Waals surface area contributed by atoms with Gasteiger partial charge in [0, 0.05) is 0 Å². The van der Waals surface area contributed by atoms with E-state index in [1.165, 1.54) is 24.3 Å². The molecule has 0 heterocycles. The summed E-state index contributed by atoms with van der Waals surface area (Å²) < 4.78 is 113. The number of para-hydroxylation sites is 3. The van der Waals surface area contributed by atoms with Crippen molar-refractivity contribution in [3.8, 4) is 23.0 Å². The van der Waals surface area contributed by atoms with Crippen molar-refractivity contribution < 1.29 is 107 Å². The molecule has 3 aromatic carbocycles. The van der Waals surface area contributed by atoms with Crippen LogP contribution in [0.4, 0.5) is 0 Å². The van der Waals surface area contributed by atoms with E-state index in [0.717, 1.165) is 42.5 Å². The first kappa shape index (κ1) is 31.0. The molecule has 170 valence electrons. The zero-order valence-electron chi connectivity index (χ0n) is 17.6. The van der Waals surface area contributed by atoms with E-state index in [1.807, 2.05) is 0 Å². The average molecular weight is 546 g/mol. The molecular weight excluding hydrogens is 534 g/mol. The summed E-state index contributed by atoms with van der Waals surface area (Å²) in [6.07, 6.45) is 0. The Kier molecular flexibility index (Phi) is 10.8. The van der Waals surface area contributed by atoms with Gasteiger partial charge in [-0.05, 0) is 36.4 Å². The predicted octanol–water partition coefficient (Wildman–Crippen LogP) is -3.67. The molecule has 1 N–H and O–H groups in total. The van der Waals surface area contributed by atoms with Gasteiger partial charge in [-0.15, -0.1) is 0 Å². The molecule has 0 unspecified atom stereocenters. The third kappa shape index (κ3) is 7.49. The van der Waals surface area contributed by atoms with Gasteiger partial charge in [0.25, 0.3) is 10.1 Å². The van der Waals surface area contributed by atoms with Crippen LogP contribution >= 0.6 is 0 Å². The van der Waals surface area contributed by atoms with E-state index >= 15 is 0 Å². The fraction of sp³-hybridized carbons (Fsp3) is 0. The SMILES string of the molecule is O=S(=O)([O-])c1ccccc1Oc1cccc(S(=O)(=O)O)c1Oc1ccccc1S(=O)(=O)[O-].[Na+].[Na+]. The maximum absolute atomic E-state index is 11.9. The maximum Gasteiger partial charge on any atom is 1.00 e. The minimum absolute atomic E-state index is 0. The Bertz CT molecular complexity index is 1500. The third-order valence-corrected chi connectivity index (χ3v) is 6.52. The summed E-state index contributed by atoms with van der Waals surface area (Å²) in [5.74, 6) is -2.35. The van der Waals surface area contributed by atoms with Crippen LogP contribution in [-0.2, 0) is 30.4 Å². The van der Waals surface area contributed by atoms with Crippen molar-refractivity contribution in [1.29, 1.82) is 0 Å². The van der Waals surface area contributed by atoms with Crippen LogP contribution in [0.25, 0.3) is 0 Å². The van der Waals surface area contributed by atoms with E-state index < -0.39 is 68.0 Å². The number of hydrogen-bond acceptors (Lipinski definition) is 10. The minimum Gasteiger partial charge on any atom is -0.744 e. The van der Waals surface area contributed by atoms with E-state index in [9.17, 15) is 38.9 Å². The Morgan fingerprint density at radius 2 is 0.941 bits per heavy atom.